The van der Waals surface area contributed by atoms with Gasteiger partial charge in [-0.2, -0.15) is 0 Å². The molecule has 0 aliphatic carbocycles. The summed E-state index contributed by atoms with van der Waals surface area (Å²) in [4.78, 5) is 22.3. The first kappa shape index (κ1) is 15.6. The Morgan fingerprint density at radius 2 is 1.82 bits per heavy atom. The number of nitrogens with one attached hydrogen (secondary N) is 1. The number of hydrogen-bond acceptors (Lipinski definition) is 6. The highest BCUT2D eigenvalue weighted by molar-refractivity contribution is 5.90. The zero-order valence-electron chi connectivity index (χ0n) is 11.5. The molecule has 2 aromatic rings. The van der Waals surface area contributed by atoms with Crippen LogP contribution in [0.5, 0.6) is 5.75 Å². The fraction of sp³-hybridized carbons (Fsp3) is 0.0667. The van der Waals surface area contributed by atoms with Crippen molar-refractivity contribution in [3.63, 3.8) is 0 Å². The van der Waals surface area contributed by atoms with Gasteiger partial charge in [-0.1, -0.05) is 12.1 Å². The van der Waals surface area contributed by atoms with Crippen LogP contribution < -0.4 is 5.23 Å². The first-order valence-corrected chi connectivity index (χ1v) is 6.20. The molecule has 0 fully saturated rings. The van der Waals surface area contributed by atoms with Crippen LogP contribution in [-0.2, 0) is 4.74 Å². The Labute approximate surface area is 125 Å². The summed E-state index contributed by atoms with van der Waals surface area (Å²) in [7, 11) is 1.26. The zero-order chi connectivity index (χ0) is 16.3. The first-order valence-electron chi connectivity index (χ1n) is 6.20. The number of hydrogen-bond donors (Lipinski definition) is 2. The number of aldehydes is 1. The molecular weight excluding hydrogens is 290 g/mol. The van der Waals surface area contributed by atoms with E-state index in [-0.39, 0.29) is 5.56 Å². The van der Waals surface area contributed by atoms with Crippen LogP contribution in [0.3, 0.4) is 0 Å². The van der Waals surface area contributed by atoms with E-state index < -0.39 is 22.6 Å². The number of phenolic OH excluding ortho intramolecular Hbond substituents is 1. The van der Waals surface area contributed by atoms with E-state index >= 15 is 0 Å². The summed E-state index contributed by atoms with van der Waals surface area (Å²) in [5.41, 5.74) is 0.667. The molecule has 7 nitrogen and oxygen atoms in total. The molecule has 2 aromatic carbocycles. The van der Waals surface area contributed by atoms with Crippen molar-refractivity contribution in [3.8, 4) is 16.9 Å². The third-order valence-corrected chi connectivity index (χ3v) is 3.13. The number of methoxy groups -OCH3 is 1. The smallest absolute Gasteiger partial charge is 0.337 e. The molecule has 0 saturated heterocycles. The van der Waals surface area contributed by atoms with E-state index in [1.165, 1.54) is 31.4 Å². The highest BCUT2D eigenvalue weighted by Gasteiger charge is 2.14. The predicted molar refractivity (Wildman–Crippen MR) is 77.6 cm³/mol. The normalized spacial score (nSPS) is 10.5. The van der Waals surface area contributed by atoms with Crippen LogP contribution in [0.1, 0.15) is 20.7 Å². The minimum Gasteiger partial charge on any atom is -0.628 e. The van der Waals surface area contributed by atoms with Gasteiger partial charge in [0, 0.05) is 6.07 Å². The molecule has 0 heterocycles. The van der Waals surface area contributed by atoms with Crippen molar-refractivity contribution in [2.45, 2.75) is 0 Å². The van der Waals surface area contributed by atoms with E-state index in [0.29, 0.717) is 23.0 Å². The topological polar surface area (TPSA) is 114 Å². The van der Waals surface area contributed by atoms with Crippen molar-refractivity contribution in [1.82, 2.24) is 0 Å². The number of esters is 1. The molecule has 114 valence electrons. The number of ether oxygens (including phenoxy) is 1. The van der Waals surface area contributed by atoms with Gasteiger partial charge in [-0.15, -0.1) is 0 Å². The Hall–Kier alpha value is -2.74. The lowest BCUT2D eigenvalue weighted by atomic mass is 10.0. The standard InChI is InChI=1S/C15H12NO6/c1-22-15(19)10-4-2-9(3-5-10)11-6-12(8-17)14(18)13(7-11)16(20)21/h2-8,16,18H,1H3/q-1. The van der Waals surface area contributed by atoms with Gasteiger partial charge >= 0.3 is 5.97 Å². The quantitative estimate of drug-likeness (QED) is 0.379. The second-order valence-corrected chi connectivity index (χ2v) is 4.44. The lowest BCUT2D eigenvalue weighted by Gasteiger charge is -2.26. The van der Waals surface area contributed by atoms with Crippen LogP contribution in [0.25, 0.3) is 11.1 Å². The molecule has 0 aliphatic heterocycles. The number of quaternary nitrogens is 1. The maximum Gasteiger partial charge on any atom is 0.337 e. The molecule has 0 aromatic heterocycles. The van der Waals surface area contributed by atoms with Gasteiger partial charge in [0.05, 0.1) is 18.2 Å². The second-order valence-electron chi connectivity index (χ2n) is 4.44. The van der Waals surface area contributed by atoms with Crippen molar-refractivity contribution >= 4 is 17.9 Å². The summed E-state index contributed by atoms with van der Waals surface area (Å²) in [5, 5.41) is 30.1. The minimum absolute atomic E-state index is 0.159. The number of carbonyl (C=O) groups excluding carboxylic acids is 2. The van der Waals surface area contributed by atoms with Gasteiger partial charge in [-0.25, -0.2) is 4.79 Å². The largest absolute Gasteiger partial charge is 0.628 e. The molecule has 0 spiro atoms. The van der Waals surface area contributed by atoms with Crippen molar-refractivity contribution in [2.24, 2.45) is 0 Å². The monoisotopic (exact) mass is 302 g/mol. The Bertz CT molecular complexity index is 709. The van der Waals surface area contributed by atoms with Gasteiger partial charge in [-0.05, 0) is 29.3 Å². The molecule has 0 bridgehead atoms. The molecule has 0 atom stereocenters. The maximum atomic E-state index is 11.4. The Balaban J connectivity index is 2.50. The summed E-state index contributed by atoms with van der Waals surface area (Å²) >= 11 is 0. The molecule has 22 heavy (non-hydrogen) atoms. The number of carbonyl (C=O) groups is 2. The fourth-order valence-electron chi connectivity index (χ4n) is 1.99. The van der Waals surface area contributed by atoms with Crippen LogP contribution in [0, 0.1) is 10.4 Å². The number of benzene rings is 2. The molecule has 0 unspecified atom stereocenters. The van der Waals surface area contributed by atoms with E-state index in [0.717, 1.165) is 0 Å². The SMILES string of the molecule is COC(=O)c1ccc(-c2cc(C=O)c(O)c([NH+]([O-])[O-])c2)cc1. The van der Waals surface area contributed by atoms with Crippen molar-refractivity contribution in [2.75, 3.05) is 7.11 Å². The Kier molecular flexibility index (Phi) is 4.52. The molecule has 7 heteroatoms. The summed E-state index contributed by atoms with van der Waals surface area (Å²) in [6.07, 6.45) is 0.355. The van der Waals surface area contributed by atoms with Crippen molar-refractivity contribution < 1.29 is 24.7 Å². The third kappa shape index (κ3) is 2.96. The number of aromatic hydroxyl groups is 1. The average Bonchev–Trinajstić information content (AvgIpc) is 2.54. The third-order valence-electron chi connectivity index (χ3n) is 3.13. The predicted octanol–water partition coefficient (Wildman–Crippen LogP) is 1.17. The molecule has 2 N–H and O–H groups in total. The van der Waals surface area contributed by atoms with Crippen LogP contribution in [0.15, 0.2) is 36.4 Å². The maximum absolute atomic E-state index is 11.4. The van der Waals surface area contributed by atoms with Gasteiger partial charge < -0.3 is 25.5 Å². The van der Waals surface area contributed by atoms with Gasteiger partial charge in [0.25, 0.3) is 0 Å². The van der Waals surface area contributed by atoms with Crippen molar-refractivity contribution in [1.29, 1.82) is 0 Å². The van der Waals surface area contributed by atoms with Crippen LogP contribution in [0.2, 0.25) is 0 Å². The molecule has 0 saturated carbocycles. The number of rotatable bonds is 4. The molecular formula is C15H12NO6-. The molecule has 0 aliphatic rings. The van der Waals surface area contributed by atoms with E-state index in [2.05, 4.69) is 4.74 Å². The Morgan fingerprint density at radius 3 is 2.32 bits per heavy atom. The zero-order valence-corrected chi connectivity index (χ0v) is 11.5. The Morgan fingerprint density at radius 1 is 1.18 bits per heavy atom. The van der Waals surface area contributed by atoms with Gasteiger partial charge in [0.1, 0.15) is 0 Å². The summed E-state index contributed by atoms with van der Waals surface area (Å²) < 4.78 is 4.58. The number of phenols is 1. The summed E-state index contributed by atoms with van der Waals surface area (Å²) in [6.45, 7) is 0. The highest BCUT2D eigenvalue weighted by Crippen LogP contribution is 2.31. The van der Waals surface area contributed by atoms with Crippen molar-refractivity contribution in [3.05, 3.63) is 57.9 Å². The lowest BCUT2D eigenvalue weighted by molar-refractivity contribution is -0.715. The summed E-state index contributed by atoms with van der Waals surface area (Å²) in [6, 6.07) is 8.71. The molecule has 2 rings (SSSR count). The van der Waals surface area contributed by atoms with E-state index in [1.54, 1.807) is 12.1 Å². The summed E-state index contributed by atoms with van der Waals surface area (Å²) in [5.74, 6) is -1.13. The molecule has 0 radical (unpaired) electrons. The minimum atomic E-state index is -1.59. The average molecular weight is 302 g/mol. The van der Waals surface area contributed by atoms with Crippen LogP contribution in [0.4, 0.5) is 5.69 Å². The van der Waals surface area contributed by atoms with E-state index in [9.17, 15) is 25.1 Å². The fourth-order valence-corrected chi connectivity index (χ4v) is 1.99. The van der Waals surface area contributed by atoms with E-state index in [4.69, 9.17) is 0 Å². The van der Waals surface area contributed by atoms with Crippen LogP contribution in [-0.4, -0.2) is 24.5 Å². The molecule has 0 amide bonds. The highest BCUT2D eigenvalue weighted by atomic mass is 16.8. The van der Waals surface area contributed by atoms with E-state index in [1.807, 2.05) is 0 Å². The first-order chi connectivity index (χ1) is 10.5. The van der Waals surface area contributed by atoms with Crippen LogP contribution >= 0.6 is 0 Å². The van der Waals surface area contributed by atoms with Gasteiger partial charge in [-0.3, -0.25) is 4.79 Å². The lowest BCUT2D eigenvalue weighted by Crippen LogP contribution is -2.96. The second kappa shape index (κ2) is 6.35. The van der Waals surface area contributed by atoms with Gasteiger partial charge in [0.15, 0.2) is 17.7 Å². The van der Waals surface area contributed by atoms with Gasteiger partial charge in [0.2, 0.25) is 0 Å².